The maximum absolute atomic E-state index is 12.3. The van der Waals surface area contributed by atoms with Crippen LogP contribution < -0.4 is 31.1 Å². The Morgan fingerprint density at radius 1 is 0.923 bits per heavy atom. The molecule has 52 heavy (non-hydrogen) atoms. The number of rotatable bonds is 10. The first-order valence-electron chi connectivity index (χ1n) is 18.0. The van der Waals surface area contributed by atoms with Crippen LogP contribution in [0.15, 0.2) is 73.2 Å². The van der Waals surface area contributed by atoms with Crippen LogP contribution in [0.5, 0.6) is 0 Å². The molecule has 2 atom stereocenters. The van der Waals surface area contributed by atoms with E-state index in [1.54, 1.807) is 25.2 Å². The molecule has 2 unspecified atom stereocenters. The summed E-state index contributed by atoms with van der Waals surface area (Å²) in [4.78, 5) is 44.8. The number of anilines is 6. The molecule has 3 aliphatic heterocycles. The van der Waals surface area contributed by atoms with Gasteiger partial charge in [0.05, 0.1) is 29.3 Å². The average molecular weight is 725 g/mol. The van der Waals surface area contributed by atoms with Crippen molar-refractivity contribution in [2.45, 2.75) is 37.8 Å². The molecular weight excluding hydrogens is 680 g/mol. The van der Waals surface area contributed by atoms with Crippen molar-refractivity contribution in [3.63, 3.8) is 0 Å². The number of amides is 2. The first-order chi connectivity index (χ1) is 25.3. The predicted molar refractivity (Wildman–Crippen MR) is 204 cm³/mol. The van der Waals surface area contributed by atoms with Gasteiger partial charge in [0.1, 0.15) is 11.3 Å². The molecule has 2 aromatic carbocycles. The molecule has 0 aliphatic carbocycles. The summed E-state index contributed by atoms with van der Waals surface area (Å²) in [6.45, 7) is 7.12. The summed E-state index contributed by atoms with van der Waals surface area (Å²) in [5.41, 5.74) is 5.20. The lowest BCUT2D eigenvalue weighted by Crippen LogP contribution is -2.49. The van der Waals surface area contributed by atoms with Crippen LogP contribution in [0.3, 0.4) is 0 Å². The van der Waals surface area contributed by atoms with E-state index in [0.29, 0.717) is 46.8 Å². The Morgan fingerprint density at radius 2 is 1.67 bits per heavy atom. The van der Waals surface area contributed by atoms with Gasteiger partial charge in [0.25, 0.3) is 5.91 Å². The minimum absolute atomic E-state index is 0.0984. The maximum atomic E-state index is 12.3. The Labute approximate surface area is 308 Å². The monoisotopic (exact) mass is 724 g/mol. The number of hydrogen-bond donors (Lipinski definition) is 5. The van der Waals surface area contributed by atoms with Gasteiger partial charge in [-0.3, -0.25) is 19.5 Å². The summed E-state index contributed by atoms with van der Waals surface area (Å²) >= 11 is 6.41. The van der Waals surface area contributed by atoms with Crippen molar-refractivity contribution >= 4 is 57.9 Å². The third-order valence-electron chi connectivity index (χ3n) is 10.3. The number of hydrogen-bond acceptors (Lipinski definition) is 11. The molecule has 0 radical (unpaired) electrons. The molecule has 13 nitrogen and oxygen atoms in total. The molecule has 3 saturated heterocycles. The van der Waals surface area contributed by atoms with E-state index in [1.807, 2.05) is 30.6 Å². The molecule has 14 heteroatoms. The Balaban J connectivity index is 0.872. The van der Waals surface area contributed by atoms with Gasteiger partial charge < -0.3 is 36.2 Å². The average Bonchev–Trinajstić information content (AvgIpc) is 3.17. The molecule has 272 valence electrons. The van der Waals surface area contributed by atoms with Gasteiger partial charge in [0, 0.05) is 82.8 Å². The molecule has 4 aromatic rings. The fraction of sp³-hybridized carbons (Fsp3) is 0.395. The minimum atomic E-state index is -0.859. The molecule has 0 saturated carbocycles. The van der Waals surface area contributed by atoms with Gasteiger partial charge in [-0.1, -0.05) is 23.7 Å². The first-order valence-corrected chi connectivity index (χ1v) is 18.3. The summed E-state index contributed by atoms with van der Waals surface area (Å²) < 4.78 is 0. The van der Waals surface area contributed by atoms with Gasteiger partial charge in [-0.05, 0) is 73.2 Å². The molecule has 5 heterocycles. The highest BCUT2D eigenvalue weighted by Gasteiger charge is 2.30. The number of carbonyl (C=O) groups is 2. The normalized spacial score (nSPS) is 19.9. The van der Waals surface area contributed by atoms with Crippen molar-refractivity contribution < 1.29 is 14.7 Å². The largest absolute Gasteiger partial charge is 0.373 e. The highest BCUT2D eigenvalue weighted by atomic mass is 35.5. The van der Waals surface area contributed by atoms with Crippen molar-refractivity contribution in [3.8, 4) is 0 Å². The smallest absolute Gasteiger partial charge is 0.253 e. The quantitative estimate of drug-likeness (QED) is 0.155. The fourth-order valence-corrected chi connectivity index (χ4v) is 7.47. The number of benzene rings is 2. The van der Waals surface area contributed by atoms with E-state index < -0.39 is 6.23 Å². The van der Waals surface area contributed by atoms with Crippen molar-refractivity contribution in [2.24, 2.45) is 5.92 Å². The highest BCUT2D eigenvalue weighted by Crippen LogP contribution is 2.32. The zero-order valence-corrected chi connectivity index (χ0v) is 30.0. The van der Waals surface area contributed by atoms with E-state index >= 15 is 0 Å². The Morgan fingerprint density at radius 3 is 2.42 bits per heavy atom. The molecule has 7 rings (SSSR count). The van der Waals surface area contributed by atoms with Crippen LogP contribution in [0.2, 0.25) is 5.02 Å². The molecule has 2 aromatic heterocycles. The standard InChI is InChI=1S/C38H45ClN10O3/c1-40-36(51)31-4-2-3-5-33(31)44-35-32(39)23-42-38(46-35)43-27-6-8-28(9-7-27)49-18-16-47(17-19-49)24-25-12-14-48(15-13-25)29-20-26(21-41-22-29)30-10-11-34(50)45-37(30)52/h2-9,20-23,25,30,37,52H,10-19,24H2,1H3,(H,40,51)(H,45,50)(H2,42,43,44,46). The van der Waals surface area contributed by atoms with Crippen LogP contribution in [0.1, 0.15) is 47.5 Å². The summed E-state index contributed by atoms with van der Waals surface area (Å²) in [6, 6.07) is 17.6. The van der Waals surface area contributed by atoms with Gasteiger partial charge in [0.2, 0.25) is 11.9 Å². The lowest BCUT2D eigenvalue weighted by molar-refractivity contribution is -0.127. The number of aliphatic hydroxyl groups excluding tert-OH is 1. The third kappa shape index (κ3) is 8.38. The molecule has 3 fully saturated rings. The van der Waals surface area contributed by atoms with Crippen molar-refractivity contribution in [1.82, 2.24) is 30.5 Å². The first kappa shape index (κ1) is 35.4. The second-order valence-corrected chi connectivity index (χ2v) is 14.1. The van der Waals surface area contributed by atoms with Gasteiger partial charge >= 0.3 is 0 Å². The Kier molecular flexibility index (Phi) is 11.0. The Bertz CT molecular complexity index is 1860. The van der Waals surface area contributed by atoms with Gasteiger partial charge in [-0.25, -0.2) is 4.98 Å². The van der Waals surface area contributed by atoms with E-state index in [2.05, 4.69) is 69.1 Å². The van der Waals surface area contributed by atoms with Crippen LogP contribution in [-0.2, 0) is 4.79 Å². The molecule has 2 amide bonds. The number of aliphatic hydroxyl groups is 1. The van der Waals surface area contributed by atoms with E-state index in [0.717, 1.165) is 75.6 Å². The molecular formula is C38H45ClN10O3. The topological polar surface area (TPSA) is 151 Å². The fourth-order valence-electron chi connectivity index (χ4n) is 7.33. The van der Waals surface area contributed by atoms with Crippen LogP contribution in [-0.4, -0.2) is 95.9 Å². The van der Waals surface area contributed by atoms with Gasteiger partial charge in [0.15, 0.2) is 5.82 Å². The lowest BCUT2D eigenvalue weighted by atomic mass is 9.90. The van der Waals surface area contributed by atoms with Crippen LogP contribution in [0.25, 0.3) is 0 Å². The zero-order chi connectivity index (χ0) is 36.0. The van der Waals surface area contributed by atoms with Crippen LogP contribution in [0, 0.1) is 5.92 Å². The summed E-state index contributed by atoms with van der Waals surface area (Å²) in [5, 5.41) is 22.5. The minimum Gasteiger partial charge on any atom is -0.373 e. The molecule has 3 aliphatic rings. The molecule has 5 N–H and O–H groups in total. The number of piperidine rings is 2. The van der Waals surface area contributed by atoms with Crippen molar-refractivity contribution in [3.05, 3.63) is 89.3 Å². The van der Waals surface area contributed by atoms with Crippen molar-refractivity contribution in [1.29, 1.82) is 0 Å². The SMILES string of the molecule is CNC(=O)c1ccccc1Nc1nc(Nc2ccc(N3CCN(CC4CCN(c5cncc(C6CCC(=O)NC6O)c5)CC4)CC3)cc2)ncc1Cl. The maximum Gasteiger partial charge on any atom is 0.253 e. The number of carbonyl (C=O) groups excluding carboxylic acids is 2. The van der Waals surface area contributed by atoms with E-state index in [1.165, 1.54) is 11.9 Å². The van der Waals surface area contributed by atoms with Crippen LogP contribution in [0.4, 0.5) is 34.5 Å². The summed E-state index contributed by atoms with van der Waals surface area (Å²) in [7, 11) is 1.59. The number of para-hydroxylation sites is 1. The molecule has 0 bridgehead atoms. The van der Waals surface area contributed by atoms with Gasteiger partial charge in [-0.2, -0.15) is 4.98 Å². The number of halogens is 1. The van der Waals surface area contributed by atoms with Crippen molar-refractivity contribution in [2.75, 3.05) is 73.3 Å². The summed E-state index contributed by atoms with van der Waals surface area (Å²) in [5.74, 6) is 1.02. The lowest BCUT2D eigenvalue weighted by Gasteiger charge is -2.40. The molecule has 0 spiro atoms. The van der Waals surface area contributed by atoms with Crippen LogP contribution >= 0.6 is 11.6 Å². The predicted octanol–water partition coefficient (Wildman–Crippen LogP) is 4.72. The number of nitrogens with zero attached hydrogens (tertiary/aromatic N) is 6. The number of pyridine rings is 1. The number of nitrogens with one attached hydrogen (secondary N) is 4. The second-order valence-electron chi connectivity index (χ2n) is 13.7. The zero-order valence-electron chi connectivity index (χ0n) is 29.3. The number of piperazine rings is 1. The van der Waals surface area contributed by atoms with E-state index in [4.69, 9.17) is 11.6 Å². The Hall–Kier alpha value is -4.98. The second kappa shape index (κ2) is 16.1. The van der Waals surface area contributed by atoms with E-state index in [-0.39, 0.29) is 17.7 Å². The van der Waals surface area contributed by atoms with Gasteiger partial charge in [-0.15, -0.1) is 0 Å². The summed E-state index contributed by atoms with van der Waals surface area (Å²) in [6.07, 6.45) is 7.74. The number of aromatic nitrogens is 3. The van der Waals surface area contributed by atoms with E-state index in [9.17, 15) is 14.7 Å². The highest BCUT2D eigenvalue weighted by molar-refractivity contribution is 6.33. The third-order valence-corrected chi connectivity index (χ3v) is 10.6.